The fraction of sp³-hybridized carbons (Fsp3) is 0.368. The van der Waals surface area contributed by atoms with Crippen molar-refractivity contribution in [3.63, 3.8) is 0 Å². The van der Waals surface area contributed by atoms with Crippen molar-refractivity contribution in [3.05, 3.63) is 59.2 Å². The molecule has 0 spiro atoms. The van der Waals surface area contributed by atoms with Crippen LogP contribution in [0.2, 0.25) is 0 Å². The first kappa shape index (κ1) is 12.8. The minimum Gasteiger partial charge on any atom is -0.493 e. The molecule has 0 bridgehead atoms. The minimum atomic E-state index is 0.545. The smallest absolute Gasteiger partial charge is 0.122 e. The molecule has 4 rings (SSSR count). The van der Waals surface area contributed by atoms with Crippen molar-refractivity contribution in [2.45, 2.75) is 31.6 Å². The van der Waals surface area contributed by atoms with Crippen LogP contribution in [0.5, 0.6) is 5.75 Å². The highest BCUT2D eigenvalue weighted by molar-refractivity contribution is 5.50. The second-order valence-electron chi connectivity index (χ2n) is 6.09. The van der Waals surface area contributed by atoms with Gasteiger partial charge in [-0.25, -0.2) is 0 Å². The van der Waals surface area contributed by atoms with Crippen LogP contribution in [0.1, 0.15) is 35.4 Å². The third-order valence-corrected chi connectivity index (χ3v) is 4.73. The van der Waals surface area contributed by atoms with E-state index in [1.54, 1.807) is 0 Å². The second kappa shape index (κ2) is 5.44. The molecular weight excluding hydrogens is 258 g/mol. The number of anilines is 1. The average molecular weight is 279 g/mol. The molecule has 0 radical (unpaired) electrons. The third-order valence-electron chi connectivity index (χ3n) is 4.73. The molecule has 21 heavy (non-hydrogen) atoms. The lowest BCUT2D eigenvalue weighted by Crippen LogP contribution is -2.20. The van der Waals surface area contributed by atoms with E-state index in [1.165, 1.54) is 41.6 Å². The van der Waals surface area contributed by atoms with Gasteiger partial charge in [0.1, 0.15) is 5.75 Å². The molecule has 0 aromatic heterocycles. The summed E-state index contributed by atoms with van der Waals surface area (Å²) in [4.78, 5) is 0. The van der Waals surface area contributed by atoms with E-state index in [0.29, 0.717) is 5.92 Å². The fourth-order valence-corrected chi connectivity index (χ4v) is 3.55. The molecule has 1 aliphatic carbocycles. The summed E-state index contributed by atoms with van der Waals surface area (Å²) in [5.74, 6) is 1.60. The number of hydrogen-bond acceptors (Lipinski definition) is 2. The number of nitrogens with one attached hydrogen (secondary N) is 1. The van der Waals surface area contributed by atoms with Crippen LogP contribution in [0.15, 0.2) is 42.5 Å². The summed E-state index contributed by atoms with van der Waals surface area (Å²) in [7, 11) is 0. The van der Waals surface area contributed by atoms with Gasteiger partial charge in [0, 0.05) is 18.2 Å². The predicted molar refractivity (Wildman–Crippen MR) is 86.3 cm³/mol. The zero-order valence-corrected chi connectivity index (χ0v) is 12.3. The molecule has 2 aromatic rings. The molecule has 2 aliphatic rings. The van der Waals surface area contributed by atoms with Gasteiger partial charge in [-0.2, -0.15) is 0 Å². The maximum Gasteiger partial charge on any atom is 0.122 e. The van der Waals surface area contributed by atoms with Gasteiger partial charge in [-0.05, 0) is 60.6 Å². The van der Waals surface area contributed by atoms with Gasteiger partial charge >= 0.3 is 0 Å². The number of hydrogen-bond donors (Lipinski definition) is 1. The van der Waals surface area contributed by atoms with E-state index in [4.69, 9.17) is 4.74 Å². The Bertz CT molecular complexity index is 650. The van der Waals surface area contributed by atoms with Crippen LogP contribution >= 0.6 is 0 Å². The van der Waals surface area contributed by atoms with Crippen molar-refractivity contribution in [2.75, 3.05) is 18.5 Å². The van der Waals surface area contributed by atoms with E-state index < -0.39 is 0 Å². The number of para-hydroxylation sites is 1. The normalized spacial score (nSPS) is 19.5. The lowest BCUT2D eigenvalue weighted by Gasteiger charge is -2.26. The molecule has 1 heterocycles. The second-order valence-corrected chi connectivity index (χ2v) is 6.09. The highest BCUT2D eigenvalue weighted by Gasteiger charge is 2.20. The van der Waals surface area contributed by atoms with Crippen LogP contribution in [-0.2, 0) is 12.8 Å². The molecule has 2 aromatic carbocycles. The van der Waals surface area contributed by atoms with E-state index in [2.05, 4.69) is 47.8 Å². The summed E-state index contributed by atoms with van der Waals surface area (Å²) in [6, 6.07) is 15.3. The Morgan fingerprint density at radius 3 is 2.95 bits per heavy atom. The predicted octanol–water partition coefficient (Wildman–Crippen LogP) is 4.15. The summed E-state index contributed by atoms with van der Waals surface area (Å²) in [6.07, 6.45) is 4.90. The maximum absolute atomic E-state index is 5.74. The molecule has 2 heteroatoms. The van der Waals surface area contributed by atoms with Gasteiger partial charge < -0.3 is 10.1 Å². The molecule has 2 nitrogen and oxygen atoms in total. The molecule has 1 atom stereocenters. The summed E-state index contributed by atoms with van der Waals surface area (Å²) in [6.45, 7) is 1.81. The maximum atomic E-state index is 5.74. The van der Waals surface area contributed by atoms with Crippen molar-refractivity contribution in [2.24, 2.45) is 0 Å². The molecular formula is C19H21NO. The Morgan fingerprint density at radius 2 is 1.95 bits per heavy atom. The molecule has 0 amide bonds. The first-order valence-electron chi connectivity index (χ1n) is 7.97. The topological polar surface area (TPSA) is 21.3 Å². The lowest BCUT2D eigenvalue weighted by molar-refractivity contribution is 0.270. The van der Waals surface area contributed by atoms with E-state index in [1.807, 2.05) is 0 Å². The van der Waals surface area contributed by atoms with Gasteiger partial charge in [-0.15, -0.1) is 0 Å². The first-order valence-corrected chi connectivity index (χ1v) is 7.97. The Balaban J connectivity index is 1.48. The van der Waals surface area contributed by atoms with Crippen LogP contribution in [0.25, 0.3) is 0 Å². The van der Waals surface area contributed by atoms with Crippen molar-refractivity contribution in [1.82, 2.24) is 0 Å². The number of ether oxygens (including phenoxy) is 1. The molecule has 0 saturated carbocycles. The average Bonchev–Trinajstić information content (AvgIpc) is 3.00. The van der Waals surface area contributed by atoms with E-state index >= 15 is 0 Å². The van der Waals surface area contributed by atoms with Crippen molar-refractivity contribution < 1.29 is 4.74 Å². The van der Waals surface area contributed by atoms with Crippen LogP contribution < -0.4 is 10.1 Å². The van der Waals surface area contributed by atoms with E-state index in [0.717, 1.165) is 25.3 Å². The molecule has 1 aliphatic heterocycles. The van der Waals surface area contributed by atoms with E-state index in [-0.39, 0.29) is 0 Å². The number of rotatable bonds is 3. The minimum absolute atomic E-state index is 0.545. The van der Waals surface area contributed by atoms with Crippen LogP contribution in [-0.4, -0.2) is 13.2 Å². The van der Waals surface area contributed by atoms with Crippen molar-refractivity contribution in [3.8, 4) is 5.75 Å². The van der Waals surface area contributed by atoms with Gasteiger partial charge in [0.05, 0.1) is 6.61 Å². The first-order chi connectivity index (χ1) is 10.4. The summed E-state index contributed by atoms with van der Waals surface area (Å²) < 4.78 is 5.74. The monoisotopic (exact) mass is 279 g/mol. The van der Waals surface area contributed by atoms with Gasteiger partial charge in [-0.1, -0.05) is 24.3 Å². The van der Waals surface area contributed by atoms with Gasteiger partial charge in [0.2, 0.25) is 0 Å². The summed E-state index contributed by atoms with van der Waals surface area (Å²) >= 11 is 0. The Kier molecular flexibility index (Phi) is 3.30. The van der Waals surface area contributed by atoms with Gasteiger partial charge in [0.15, 0.2) is 0 Å². The lowest BCUT2D eigenvalue weighted by atomic mass is 9.93. The molecule has 1 N–H and O–H groups in total. The SMILES string of the molecule is c1ccc2c(c1)OCCC2CNc1ccc2c(c1)CCC2. The Hall–Kier alpha value is -1.96. The Labute approximate surface area is 126 Å². The quantitative estimate of drug-likeness (QED) is 0.911. The zero-order valence-electron chi connectivity index (χ0n) is 12.3. The molecule has 0 saturated heterocycles. The van der Waals surface area contributed by atoms with Crippen molar-refractivity contribution in [1.29, 1.82) is 0 Å². The molecule has 108 valence electrons. The largest absolute Gasteiger partial charge is 0.493 e. The van der Waals surface area contributed by atoms with Crippen LogP contribution in [0.4, 0.5) is 5.69 Å². The Morgan fingerprint density at radius 1 is 1.05 bits per heavy atom. The standard InChI is InChI=1S/C19H21NO/c1-2-7-19-18(6-1)16(10-11-21-19)13-20-17-9-8-14-4-3-5-15(14)12-17/h1-2,6-9,12,16,20H,3-5,10-11,13H2. The number of benzene rings is 2. The highest BCUT2D eigenvalue weighted by Crippen LogP contribution is 2.33. The highest BCUT2D eigenvalue weighted by atomic mass is 16.5. The van der Waals surface area contributed by atoms with E-state index in [9.17, 15) is 0 Å². The number of fused-ring (bicyclic) bond motifs is 2. The fourth-order valence-electron chi connectivity index (χ4n) is 3.55. The molecule has 0 fully saturated rings. The third kappa shape index (κ3) is 2.51. The zero-order chi connectivity index (χ0) is 14.1. The summed E-state index contributed by atoms with van der Waals surface area (Å²) in [5.41, 5.74) is 5.68. The summed E-state index contributed by atoms with van der Waals surface area (Å²) in [5, 5.41) is 3.63. The van der Waals surface area contributed by atoms with Crippen LogP contribution in [0, 0.1) is 0 Å². The van der Waals surface area contributed by atoms with Crippen molar-refractivity contribution >= 4 is 5.69 Å². The van der Waals surface area contributed by atoms with Crippen LogP contribution in [0.3, 0.4) is 0 Å². The van der Waals surface area contributed by atoms with Gasteiger partial charge in [0.25, 0.3) is 0 Å². The molecule has 1 unspecified atom stereocenters. The van der Waals surface area contributed by atoms with Gasteiger partial charge in [-0.3, -0.25) is 0 Å². The number of aryl methyl sites for hydroxylation is 2.